The second kappa shape index (κ2) is 5.63. The van der Waals surface area contributed by atoms with Crippen LogP contribution in [0.25, 0.3) is 33.1 Å². The Morgan fingerprint density at radius 3 is 2.52 bits per heavy atom. The summed E-state index contributed by atoms with van der Waals surface area (Å²) in [5.41, 5.74) is 4.09. The van der Waals surface area contributed by atoms with Crippen molar-refractivity contribution in [2.45, 2.75) is 13.8 Å². The maximum atomic E-state index is 9.57. The van der Waals surface area contributed by atoms with Crippen molar-refractivity contribution in [1.29, 1.82) is 0 Å². The number of pyridine rings is 1. The molecule has 126 valence electrons. The van der Waals surface area contributed by atoms with Gasteiger partial charge in [-0.25, -0.2) is 4.98 Å². The highest BCUT2D eigenvalue weighted by Gasteiger charge is 2.20. The molecule has 0 atom stereocenters. The van der Waals surface area contributed by atoms with E-state index >= 15 is 0 Å². The van der Waals surface area contributed by atoms with Crippen LogP contribution in [0.2, 0.25) is 5.02 Å². The van der Waals surface area contributed by atoms with Gasteiger partial charge in [0.2, 0.25) is 0 Å². The first-order valence-corrected chi connectivity index (χ1v) is 8.20. The van der Waals surface area contributed by atoms with Crippen molar-refractivity contribution >= 4 is 33.4 Å². The molecule has 0 aliphatic rings. The van der Waals surface area contributed by atoms with Crippen LogP contribution in [0.5, 0.6) is 11.5 Å². The zero-order valence-corrected chi connectivity index (χ0v) is 14.8. The molecule has 0 saturated carbocycles. The Bertz CT molecular complexity index is 1120. The minimum Gasteiger partial charge on any atom is -0.508 e. The van der Waals surface area contributed by atoms with Gasteiger partial charge in [0.05, 0.1) is 28.9 Å². The molecule has 0 aliphatic carbocycles. The van der Waals surface area contributed by atoms with Crippen LogP contribution in [0, 0.1) is 13.8 Å². The van der Waals surface area contributed by atoms with Crippen LogP contribution in [0.15, 0.2) is 30.3 Å². The highest BCUT2D eigenvalue weighted by molar-refractivity contribution is 6.40. The molecule has 0 saturated heterocycles. The molecule has 0 aliphatic heterocycles. The number of hydrogen-bond donors (Lipinski definition) is 2. The quantitative estimate of drug-likeness (QED) is 0.545. The van der Waals surface area contributed by atoms with Crippen LogP contribution in [0.4, 0.5) is 0 Å². The summed E-state index contributed by atoms with van der Waals surface area (Å²) in [5, 5.41) is 20.1. The van der Waals surface area contributed by atoms with Gasteiger partial charge in [0.1, 0.15) is 11.5 Å². The first kappa shape index (κ1) is 15.7. The van der Waals surface area contributed by atoms with E-state index in [1.165, 1.54) is 0 Å². The predicted octanol–water partition coefficient (Wildman–Crippen LogP) is 4.76. The number of rotatable bonds is 2. The Balaban J connectivity index is 2.21. The first-order chi connectivity index (χ1) is 12.0. The zero-order valence-electron chi connectivity index (χ0n) is 14.0. The zero-order chi connectivity index (χ0) is 17.7. The van der Waals surface area contributed by atoms with E-state index in [4.69, 9.17) is 21.3 Å². The molecule has 6 heteroatoms. The Morgan fingerprint density at radius 1 is 1.12 bits per heavy atom. The van der Waals surface area contributed by atoms with Crippen molar-refractivity contribution < 1.29 is 9.84 Å². The van der Waals surface area contributed by atoms with E-state index in [-0.39, 0.29) is 5.75 Å². The summed E-state index contributed by atoms with van der Waals surface area (Å²) >= 11 is 6.71. The lowest BCUT2D eigenvalue weighted by Gasteiger charge is -2.14. The molecule has 0 fully saturated rings. The number of aromatic hydroxyl groups is 1. The lowest BCUT2D eigenvalue weighted by atomic mass is 9.98. The second-order valence-electron chi connectivity index (χ2n) is 6.00. The van der Waals surface area contributed by atoms with E-state index in [9.17, 15) is 5.11 Å². The van der Waals surface area contributed by atoms with Crippen LogP contribution in [0.3, 0.4) is 0 Å². The average Bonchev–Trinajstić information content (AvgIpc) is 2.96. The van der Waals surface area contributed by atoms with E-state index in [0.717, 1.165) is 38.7 Å². The van der Waals surface area contributed by atoms with Crippen molar-refractivity contribution in [3.63, 3.8) is 0 Å². The predicted molar refractivity (Wildman–Crippen MR) is 99.5 cm³/mol. The van der Waals surface area contributed by atoms with Gasteiger partial charge in [-0.05, 0) is 49.7 Å². The van der Waals surface area contributed by atoms with Gasteiger partial charge in [0.15, 0.2) is 5.65 Å². The van der Waals surface area contributed by atoms with Crippen molar-refractivity contribution in [1.82, 2.24) is 15.2 Å². The van der Waals surface area contributed by atoms with Gasteiger partial charge in [0, 0.05) is 16.3 Å². The number of aromatic nitrogens is 3. The number of phenols is 1. The normalized spacial score (nSPS) is 11.4. The van der Waals surface area contributed by atoms with Crippen molar-refractivity contribution in [2.75, 3.05) is 7.11 Å². The Labute approximate surface area is 149 Å². The van der Waals surface area contributed by atoms with E-state index in [1.807, 2.05) is 32.0 Å². The molecule has 2 heterocycles. The molecule has 25 heavy (non-hydrogen) atoms. The fourth-order valence-corrected chi connectivity index (χ4v) is 3.67. The second-order valence-corrected chi connectivity index (χ2v) is 6.38. The van der Waals surface area contributed by atoms with Gasteiger partial charge < -0.3 is 9.84 Å². The summed E-state index contributed by atoms with van der Waals surface area (Å²) in [6, 6.07) is 8.98. The molecule has 4 aromatic rings. The summed E-state index contributed by atoms with van der Waals surface area (Å²) in [4.78, 5) is 4.76. The third-order valence-corrected chi connectivity index (χ3v) is 4.77. The number of aryl methyl sites for hydroxylation is 2. The lowest BCUT2D eigenvalue weighted by Crippen LogP contribution is -1.94. The van der Waals surface area contributed by atoms with E-state index in [1.54, 1.807) is 19.2 Å². The number of fused-ring (bicyclic) bond motifs is 3. The molecule has 0 radical (unpaired) electrons. The largest absolute Gasteiger partial charge is 0.508 e. The molecule has 0 amide bonds. The van der Waals surface area contributed by atoms with Gasteiger partial charge in [-0.2, -0.15) is 5.10 Å². The molecular weight excluding hydrogens is 338 g/mol. The number of benzene rings is 2. The lowest BCUT2D eigenvalue weighted by molar-refractivity contribution is 0.412. The van der Waals surface area contributed by atoms with Crippen molar-refractivity contribution in [3.8, 4) is 22.8 Å². The summed E-state index contributed by atoms with van der Waals surface area (Å²) in [5.74, 6) is 0.862. The number of ether oxygens (including phenoxy) is 1. The smallest absolute Gasteiger partial charge is 0.156 e. The minimum atomic E-state index is 0.211. The third kappa shape index (κ3) is 2.31. The molecule has 4 rings (SSSR count). The van der Waals surface area contributed by atoms with Gasteiger partial charge in [-0.3, -0.25) is 5.10 Å². The number of H-pyrrole nitrogens is 1. The number of hydrogen-bond acceptors (Lipinski definition) is 4. The Morgan fingerprint density at radius 2 is 1.84 bits per heavy atom. The van der Waals surface area contributed by atoms with Crippen LogP contribution in [0.1, 0.15) is 11.3 Å². The number of phenolic OH excluding ortho intramolecular Hbond substituents is 1. The number of methoxy groups -OCH3 is 1. The highest BCUT2D eigenvalue weighted by atomic mass is 35.5. The molecule has 5 nitrogen and oxygen atoms in total. The average molecular weight is 354 g/mol. The number of aromatic amines is 1. The molecule has 0 unspecified atom stereocenters. The third-order valence-electron chi connectivity index (χ3n) is 4.41. The molecule has 2 aromatic heterocycles. The highest BCUT2D eigenvalue weighted by Crippen LogP contribution is 2.43. The SMILES string of the molecule is COc1c(C)cc2c(-c3ccc(O)cc3)nc3[nH]nc(C)c3c2c1Cl. The van der Waals surface area contributed by atoms with E-state index in [2.05, 4.69) is 10.2 Å². The molecule has 2 N–H and O–H groups in total. The molecule has 0 spiro atoms. The van der Waals surface area contributed by atoms with Crippen LogP contribution in [-0.2, 0) is 0 Å². The van der Waals surface area contributed by atoms with E-state index < -0.39 is 0 Å². The Kier molecular flexibility index (Phi) is 3.54. The topological polar surface area (TPSA) is 71.0 Å². The van der Waals surface area contributed by atoms with Crippen molar-refractivity contribution in [2.24, 2.45) is 0 Å². The monoisotopic (exact) mass is 353 g/mol. The maximum absolute atomic E-state index is 9.57. The van der Waals surface area contributed by atoms with Gasteiger partial charge in [0.25, 0.3) is 0 Å². The summed E-state index contributed by atoms with van der Waals surface area (Å²) in [6.45, 7) is 3.88. The standard InChI is InChI=1S/C19H16ClN3O2/c1-9-8-13-15(16(20)18(9)25-3)14-10(2)22-23-19(14)21-17(13)11-4-6-12(24)7-5-11/h4-8,24H,1-3H3,(H,21,22,23). The fraction of sp³-hybridized carbons (Fsp3) is 0.158. The van der Waals surface area contributed by atoms with Crippen LogP contribution in [-0.4, -0.2) is 27.4 Å². The molecule has 0 bridgehead atoms. The van der Waals surface area contributed by atoms with Crippen LogP contribution >= 0.6 is 11.6 Å². The van der Waals surface area contributed by atoms with Crippen LogP contribution < -0.4 is 4.74 Å². The minimum absolute atomic E-state index is 0.211. The number of nitrogens with zero attached hydrogens (tertiary/aromatic N) is 2. The van der Waals surface area contributed by atoms with Crippen molar-refractivity contribution in [3.05, 3.63) is 46.6 Å². The number of halogens is 1. The summed E-state index contributed by atoms with van der Waals surface area (Å²) < 4.78 is 5.49. The van der Waals surface area contributed by atoms with Gasteiger partial charge >= 0.3 is 0 Å². The number of nitrogens with one attached hydrogen (secondary N) is 1. The van der Waals surface area contributed by atoms with E-state index in [0.29, 0.717) is 16.4 Å². The van der Waals surface area contributed by atoms with Gasteiger partial charge in [-0.1, -0.05) is 11.6 Å². The Hall–Kier alpha value is -2.79. The molecular formula is C19H16ClN3O2. The fourth-order valence-electron chi connectivity index (χ4n) is 3.25. The summed E-state index contributed by atoms with van der Waals surface area (Å²) in [7, 11) is 1.61. The maximum Gasteiger partial charge on any atom is 0.156 e. The summed E-state index contributed by atoms with van der Waals surface area (Å²) in [6.07, 6.45) is 0. The molecule has 2 aromatic carbocycles. The first-order valence-electron chi connectivity index (χ1n) is 7.82. The van der Waals surface area contributed by atoms with Gasteiger partial charge in [-0.15, -0.1) is 0 Å².